The summed E-state index contributed by atoms with van der Waals surface area (Å²) in [5.74, 6) is -3.32. The van der Waals surface area contributed by atoms with E-state index in [9.17, 15) is 24.0 Å². The molecule has 6 atom stereocenters. The number of esters is 4. The largest absolute Gasteiger partial charge is 0.463 e. The van der Waals surface area contributed by atoms with E-state index in [2.05, 4.69) is 12.2 Å². The second kappa shape index (κ2) is 22.7. The van der Waals surface area contributed by atoms with Crippen molar-refractivity contribution in [2.45, 2.75) is 148 Å². The zero-order valence-electron chi connectivity index (χ0n) is 27.1. The van der Waals surface area contributed by atoms with Crippen molar-refractivity contribution < 1.29 is 52.4 Å². The third-order valence-corrected chi connectivity index (χ3v) is 7.05. The molecule has 1 unspecified atom stereocenters. The molecular weight excluding hydrogens is 576 g/mol. The van der Waals surface area contributed by atoms with Crippen molar-refractivity contribution in [3.63, 3.8) is 0 Å². The SMILES string of the molecule is CCCCCCCCCCCCCCNC(=O)C(N)CO[C@@H]1O[C@H](COC(C)=O)[C@H](OC(C)=O)[C@H](OC(C)=O)[C@H]1OC(C)=O. The quantitative estimate of drug-likeness (QED) is 0.101. The second-order valence-electron chi connectivity index (χ2n) is 11.2. The van der Waals surface area contributed by atoms with Crippen LogP contribution in [-0.4, -0.2) is 86.3 Å². The molecule has 0 radical (unpaired) electrons. The van der Waals surface area contributed by atoms with Crippen LogP contribution in [0.3, 0.4) is 0 Å². The van der Waals surface area contributed by atoms with E-state index in [0.29, 0.717) is 6.54 Å². The van der Waals surface area contributed by atoms with Gasteiger partial charge >= 0.3 is 23.9 Å². The summed E-state index contributed by atoms with van der Waals surface area (Å²) in [7, 11) is 0. The van der Waals surface area contributed by atoms with E-state index >= 15 is 0 Å². The van der Waals surface area contributed by atoms with Crippen LogP contribution in [0.15, 0.2) is 0 Å². The highest BCUT2D eigenvalue weighted by Crippen LogP contribution is 2.30. The normalized spacial score (nSPS) is 22.0. The number of carbonyl (C=O) groups is 5. The molecule has 0 aliphatic carbocycles. The standard InChI is InChI=1S/C31H54N2O11/c1-6-7-8-9-10-11-12-13-14-15-16-17-18-33-30(38)25(32)19-40-31-29(43-24(5)37)28(42-23(4)36)27(41-22(3)35)26(44-31)20-39-21(2)34/h25-29,31H,6-20,32H2,1-5H3,(H,33,38)/t25?,26-,27+,28+,29-,31-/m1/s1. The third-order valence-electron chi connectivity index (χ3n) is 7.05. The molecule has 1 fully saturated rings. The molecule has 13 heteroatoms. The number of amides is 1. The zero-order chi connectivity index (χ0) is 32.9. The Morgan fingerprint density at radius 3 is 1.66 bits per heavy atom. The van der Waals surface area contributed by atoms with Crippen LogP contribution in [0.5, 0.6) is 0 Å². The van der Waals surface area contributed by atoms with Crippen molar-refractivity contribution in [1.82, 2.24) is 5.32 Å². The minimum atomic E-state index is -1.40. The maximum absolute atomic E-state index is 12.6. The van der Waals surface area contributed by atoms with Gasteiger partial charge in [0.1, 0.15) is 18.8 Å². The van der Waals surface area contributed by atoms with Crippen molar-refractivity contribution >= 4 is 29.8 Å². The fourth-order valence-electron chi connectivity index (χ4n) is 4.91. The van der Waals surface area contributed by atoms with Crippen molar-refractivity contribution in [3.8, 4) is 0 Å². The van der Waals surface area contributed by atoms with Crippen LogP contribution in [0, 0.1) is 0 Å². The Hall–Kier alpha value is -2.77. The van der Waals surface area contributed by atoms with Crippen molar-refractivity contribution in [3.05, 3.63) is 0 Å². The lowest BCUT2D eigenvalue weighted by Gasteiger charge is -2.44. The monoisotopic (exact) mass is 630 g/mol. The molecular formula is C31H54N2O11. The van der Waals surface area contributed by atoms with Gasteiger partial charge < -0.3 is 39.5 Å². The Morgan fingerprint density at radius 1 is 0.682 bits per heavy atom. The minimum absolute atomic E-state index is 0.335. The summed E-state index contributed by atoms with van der Waals surface area (Å²) in [6, 6.07) is -1.08. The summed E-state index contributed by atoms with van der Waals surface area (Å²) >= 11 is 0. The Kier molecular flexibility index (Phi) is 20.2. The zero-order valence-corrected chi connectivity index (χ0v) is 27.1. The van der Waals surface area contributed by atoms with Gasteiger partial charge in [-0.3, -0.25) is 24.0 Å². The Morgan fingerprint density at radius 2 is 1.16 bits per heavy atom. The van der Waals surface area contributed by atoms with Gasteiger partial charge in [-0.25, -0.2) is 0 Å². The molecule has 0 aromatic rings. The molecule has 0 aromatic heterocycles. The van der Waals surface area contributed by atoms with Gasteiger partial charge in [-0.15, -0.1) is 0 Å². The van der Waals surface area contributed by atoms with Crippen LogP contribution < -0.4 is 11.1 Å². The van der Waals surface area contributed by atoms with Crippen LogP contribution >= 0.6 is 0 Å². The number of nitrogens with two attached hydrogens (primary N) is 1. The van der Waals surface area contributed by atoms with E-state index in [1.807, 2.05) is 0 Å². The first-order valence-electron chi connectivity index (χ1n) is 15.9. The molecule has 1 aliphatic rings. The van der Waals surface area contributed by atoms with E-state index in [0.717, 1.165) is 40.0 Å². The molecule has 1 aliphatic heterocycles. The first-order valence-corrected chi connectivity index (χ1v) is 15.9. The van der Waals surface area contributed by atoms with E-state index in [-0.39, 0.29) is 13.2 Å². The number of carbonyl (C=O) groups excluding carboxylic acids is 5. The summed E-state index contributed by atoms with van der Waals surface area (Å²) < 4.78 is 32.7. The molecule has 0 spiro atoms. The van der Waals surface area contributed by atoms with Gasteiger partial charge in [-0.05, 0) is 6.42 Å². The lowest BCUT2D eigenvalue weighted by atomic mass is 9.98. The Bertz CT molecular complexity index is 885. The van der Waals surface area contributed by atoms with Gasteiger partial charge in [-0.1, -0.05) is 77.6 Å². The smallest absolute Gasteiger partial charge is 0.303 e. The lowest BCUT2D eigenvalue weighted by molar-refractivity contribution is -0.308. The molecule has 13 nitrogen and oxygen atoms in total. The number of hydrogen-bond donors (Lipinski definition) is 2. The number of ether oxygens (including phenoxy) is 6. The van der Waals surface area contributed by atoms with E-state index in [1.54, 1.807) is 0 Å². The topological polar surface area (TPSA) is 179 Å². The highest BCUT2D eigenvalue weighted by atomic mass is 16.7. The van der Waals surface area contributed by atoms with Crippen LogP contribution in [0.2, 0.25) is 0 Å². The molecule has 1 amide bonds. The number of nitrogens with one attached hydrogen (secondary N) is 1. The molecule has 1 saturated heterocycles. The Labute approximate surface area is 261 Å². The maximum Gasteiger partial charge on any atom is 0.303 e. The van der Waals surface area contributed by atoms with Gasteiger partial charge in [-0.2, -0.15) is 0 Å². The minimum Gasteiger partial charge on any atom is -0.463 e. The predicted molar refractivity (Wildman–Crippen MR) is 160 cm³/mol. The first kappa shape index (κ1) is 39.3. The van der Waals surface area contributed by atoms with E-state index < -0.39 is 66.5 Å². The highest BCUT2D eigenvalue weighted by Gasteiger charge is 2.52. The molecule has 44 heavy (non-hydrogen) atoms. The average molecular weight is 631 g/mol. The average Bonchev–Trinajstić information content (AvgIpc) is 2.94. The van der Waals surface area contributed by atoms with Gasteiger partial charge in [0.25, 0.3) is 0 Å². The van der Waals surface area contributed by atoms with Gasteiger partial charge in [0.2, 0.25) is 5.91 Å². The van der Waals surface area contributed by atoms with Crippen LogP contribution in [-0.2, 0) is 52.4 Å². The lowest BCUT2D eigenvalue weighted by Crippen LogP contribution is -2.63. The van der Waals surface area contributed by atoms with Gasteiger partial charge in [0, 0.05) is 34.2 Å². The molecule has 0 bridgehead atoms. The van der Waals surface area contributed by atoms with Crippen molar-refractivity contribution in [2.75, 3.05) is 19.8 Å². The number of hydrogen-bond acceptors (Lipinski definition) is 12. The predicted octanol–water partition coefficient (Wildman–Crippen LogP) is 3.23. The van der Waals surface area contributed by atoms with Gasteiger partial charge in [0.15, 0.2) is 24.6 Å². The van der Waals surface area contributed by atoms with Crippen LogP contribution in [0.1, 0.15) is 112 Å². The van der Waals surface area contributed by atoms with Crippen LogP contribution in [0.4, 0.5) is 0 Å². The van der Waals surface area contributed by atoms with E-state index in [4.69, 9.17) is 34.2 Å². The van der Waals surface area contributed by atoms with Crippen molar-refractivity contribution in [2.24, 2.45) is 5.73 Å². The summed E-state index contributed by atoms with van der Waals surface area (Å²) in [6.45, 7) is 6.54. The molecule has 0 saturated carbocycles. The molecule has 3 N–H and O–H groups in total. The molecule has 1 rings (SSSR count). The summed E-state index contributed by atoms with van der Waals surface area (Å²) in [4.78, 5) is 59.7. The maximum atomic E-state index is 12.6. The third kappa shape index (κ3) is 16.9. The van der Waals surface area contributed by atoms with Crippen LogP contribution in [0.25, 0.3) is 0 Å². The summed E-state index contributed by atoms with van der Waals surface area (Å²) in [5, 5.41) is 2.80. The molecule has 0 aromatic carbocycles. The summed E-state index contributed by atoms with van der Waals surface area (Å²) in [6.07, 6.45) is 7.96. The summed E-state index contributed by atoms with van der Waals surface area (Å²) in [5.41, 5.74) is 6.05. The fourth-order valence-corrected chi connectivity index (χ4v) is 4.91. The Balaban J connectivity index is 2.62. The molecule has 254 valence electrons. The van der Waals surface area contributed by atoms with Gasteiger partial charge in [0.05, 0.1) is 6.61 Å². The van der Waals surface area contributed by atoms with E-state index in [1.165, 1.54) is 64.7 Å². The number of rotatable bonds is 22. The highest BCUT2D eigenvalue weighted by molar-refractivity contribution is 5.81. The first-order chi connectivity index (χ1) is 21.0. The fraction of sp³-hybridized carbons (Fsp3) is 0.839. The molecule has 1 heterocycles. The number of unbranched alkanes of at least 4 members (excludes halogenated alkanes) is 11. The van der Waals surface area contributed by atoms with Crippen molar-refractivity contribution in [1.29, 1.82) is 0 Å². The second-order valence-corrected chi connectivity index (χ2v) is 11.2.